The summed E-state index contributed by atoms with van der Waals surface area (Å²) < 4.78 is 4.58. The molecule has 4 nitrogen and oxygen atoms in total. The molecule has 0 saturated carbocycles. The van der Waals surface area contributed by atoms with Gasteiger partial charge in [-0.2, -0.15) is 0 Å². The molecule has 0 bridgehead atoms. The van der Waals surface area contributed by atoms with Gasteiger partial charge in [-0.1, -0.05) is 6.92 Å². The molecule has 0 aliphatic rings. The summed E-state index contributed by atoms with van der Waals surface area (Å²) in [7, 11) is 5.44. The van der Waals surface area contributed by atoms with Crippen molar-refractivity contribution in [3.63, 3.8) is 0 Å². The first-order valence-corrected chi connectivity index (χ1v) is 5.37. The number of methoxy groups -OCH3 is 1. The standard InChI is InChI=1S/C10H22N2O2.C2H2/c1-5-6-11(2)7-8-12(3)9-10(13)14-4;1-2/h5-9H2,1-4H3;1-2H. The zero-order valence-electron chi connectivity index (χ0n) is 10.9. The van der Waals surface area contributed by atoms with Crippen LogP contribution >= 0.6 is 0 Å². The molecular weight excluding hydrogens is 204 g/mol. The van der Waals surface area contributed by atoms with Crippen LogP contribution in [0.1, 0.15) is 13.3 Å². The third kappa shape index (κ3) is 11.0. The number of terminal acetylenes is 1. The van der Waals surface area contributed by atoms with Gasteiger partial charge in [0.15, 0.2) is 0 Å². The van der Waals surface area contributed by atoms with Crippen molar-refractivity contribution in [2.45, 2.75) is 13.3 Å². The molecule has 0 N–H and O–H groups in total. The fraction of sp³-hybridized carbons (Fsp3) is 0.750. The Labute approximate surface area is 99.6 Å². The zero-order chi connectivity index (χ0) is 13.0. The summed E-state index contributed by atoms with van der Waals surface area (Å²) in [5.74, 6) is -0.175. The Morgan fingerprint density at radius 2 is 1.62 bits per heavy atom. The highest BCUT2D eigenvalue weighted by Gasteiger charge is 2.06. The van der Waals surface area contributed by atoms with E-state index in [1.54, 1.807) is 0 Å². The number of esters is 1. The van der Waals surface area contributed by atoms with Crippen molar-refractivity contribution in [3.05, 3.63) is 0 Å². The Morgan fingerprint density at radius 3 is 2.06 bits per heavy atom. The van der Waals surface area contributed by atoms with Crippen LogP contribution in [0.3, 0.4) is 0 Å². The molecule has 0 aromatic carbocycles. The van der Waals surface area contributed by atoms with Crippen molar-refractivity contribution in [3.8, 4) is 12.8 Å². The largest absolute Gasteiger partial charge is 0.468 e. The molecule has 0 heterocycles. The van der Waals surface area contributed by atoms with Gasteiger partial charge in [0, 0.05) is 13.1 Å². The number of hydrogen-bond donors (Lipinski definition) is 0. The minimum absolute atomic E-state index is 0.175. The summed E-state index contributed by atoms with van der Waals surface area (Å²) in [6.07, 6.45) is 9.16. The number of carbonyl (C=O) groups is 1. The first-order valence-electron chi connectivity index (χ1n) is 5.37. The van der Waals surface area contributed by atoms with Crippen molar-refractivity contribution in [2.24, 2.45) is 0 Å². The fourth-order valence-corrected chi connectivity index (χ4v) is 1.20. The van der Waals surface area contributed by atoms with Crippen LogP contribution in [-0.2, 0) is 9.53 Å². The monoisotopic (exact) mass is 228 g/mol. The van der Waals surface area contributed by atoms with E-state index in [2.05, 4.69) is 36.5 Å². The van der Waals surface area contributed by atoms with E-state index in [0.717, 1.165) is 26.1 Å². The fourth-order valence-electron chi connectivity index (χ4n) is 1.20. The van der Waals surface area contributed by atoms with Gasteiger partial charge >= 0.3 is 5.97 Å². The topological polar surface area (TPSA) is 32.8 Å². The highest BCUT2D eigenvalue weighted by atomic mass is 16.5. The van der Waals surface area contributed by atoms with E-state index in [1.165, 1.54) is 7.11 Å². The Morgan fingerprint density at radius 1 is 1.12 bits per heavy atom. The van der Waals surface area contributed by atoms with Gasteiger partial charge in [0.25, 0.3) is 0 Å². The highest BCUT2D eigenvalue weighted by molar-refractivity contribution is 5.71. The van der Waals surface area contributed by atoms with E-state index in [4.69, 9.17) is 0 Å². The van der Waals surface area contributed by atoms with E-state index in [-0.39, 0.29) is 5.97 Å². The van der Waals surface area contributed by atoms with Gasteiger partial charge in [0.1, 0.15) is 0 Å². The predicted octanol–water partition coefficient (Wildman–Crippen LogP) is 0.682. The summed E-state index contributed by atoms with van der Waals surface area (Å²) in [5.41, 5.74) is 0. The van der Waals surface area contributed by atoms with Crippen LogP contribution < -0.4 is 0 Å². The molecule has 0 rings (SSSR count). The zero-order valence-corrected chi connectivity index (χ0v) is 10.9. The SMILES string of the molecule is C#C.CCCN(C)CCN(C)CC(=O)OC. The van der Waals surface area contributed by atoms with Crippen LogP contribution in [0, 0.1) is 12.8 Å². The maximum absolute atomic E-state index is 10.9. The molecule has 94 valence electrons. The summed E-state index contributed by atoms with van der Waals surface area (Å²) in [4.78, 5) is 15.1. The number of hydrogen-bond acceptors (Lipinski definition) is 4. The Bertz CT molecular complexity index is 193. The molecule has 0 aromatic rings. The lowest BCUT2D eigenvalue weighted by Gasteiger charge is -2.20. The molecule has 0 amide bonds. The van der Waals surface area contributed by atoms with Crippen LogP contribution in [0.25, 0.3) is 0 Å². The van der Waals surface area contributed by atoms with Crippen LogP contribution in [0.4, 0.5) is 0 Å². The van der Waals surface area contributed by atoms with Crippen LogP contribution in [-0.4, -0.2) is 63.2 Å². The first kappa shape index (κ1) is 17.3. The minimum Gasteiger partial charge on any atom is -0.468 e. The smallest absolute Gasteiger partial charge is 0.319 e. The van der Waals surface area contributed by atoms with Gasteiger partial charge in [-0.25, -0.2) is 0 Å². The lowest BCUT2D eigenvalue weighted by Crippen LogP contribution is -2.34. The van der Waals surface area contributed by atoms with Crippen LogP contribution in [0.15, 0.2) is 0 Å². The van der Waals surface area contributed by atoms with E-state index in [1.807, 2.05) is 11.9 Å². The summed E-state index contributed by atoms with van der Waals surface area (Å²) in [5, 5.41) is 0. The summed E-state index contributed by atoms with van der Waals surface area (Å²) in [6, 6.07) is 0. The van der Waals surface area contributed by atoms with Crippen LogP contribution in [0.2, 0.25) is 0 Å². The molecule has 0 unspecified atom stereocenters. The average molecular weight is 228 g/mol. The number of nitrogens with zero attached hydrogens (tertiary/aromatic N) is 2. The molecule has 0 aliphatic heterocycles. The maximum atomic E-state index is 10.9. The number of carbonyl (C=O) groups excluding carboxylic acids is 1. The molecule has 4 heteroatoms. The van der Waals surface area contributed by atoms with Gasteiger partial charge in [-0.3, -0.25) is 9.69 Å². The summed E-state index contributed by atoms with van der Waals surface area (Å²) in [6.45, 7) is 5.52. The van der Waals surface area contributed by atoms with Crippen molar-refractivity contribution < 1.29 is 9.53 Å². The lowest BCUT2D eigenvalue weighted by atomic mass is 10.4. The lowest BCUT2D eigenvalue weighted by molar-refractivity contribution is -0.141. The summed E-state index contributed by atoms with van der Waals surface area (Å²) >= 11 is 0. The first-order chi connectivity index (χ1) is 7.60. The predicted molar refractivity (Wildman–Crippen MR) is 67.2 cm³/mol. The molecule has 0 atom stereocenters. The highest BCUT2D eigenvalue weighted by Crippen LogP contribution is 1.89. The van der Waals surface area contributed by atoms with E-state index >= 15 is 0 Å². The molecule has 0 spiro atoms. The second-order valence-electron chi connectivity index (χ2n) is 3.62. The second kappa shape index (κ2) is 12.0. The normalized spacial score (nSPS) is 9.75. The van der Waals surface area contributed by atoms with Gasteiger partial charge in [-0.15, -0.1) is 12.8 Å². The van der Waals surface area contributed by atoms with Gasteiger partial charge in [0.2, 0.25) is 0 Å². The Balaban J connectivity index is 0. The minimum atomic E-state index is -0.175. The molecule has 16 heavy (non-hydrogen) atoms. The molecular formula is C12H24N2O2. The molecule has 0 fully saturated rings. The van der Waals surface area contributed by atoms with E-state index < -0.39 is 0 Å². The maximum Gasteiger partial charge on any atom is 0.319 e. The third-order valence-corrected chi connectivity index (χ3v) is 2.10. The van der Waals surface area contributed by atoms with Gasteiger partial charge in [-0.05, 0) is 27.1 Å². The third-order valence-electron chi connectivity index (χ3n) is 2.10. The molecule has 0 aliphatic carbocycles. The Kier molecular flexibility index (Phi) is 13.0. The van der Waals surface area contributed by atoms with Crippen molar-refractivity contribution in [1.29, 1.82) is 0 Å². The number of rotatable bonds is 7. The molecule has 0 aromatic heterocycles. The second-order valence-corrected chi connectivity index (χ2v) is 3.62. The van der Waals surface area contributed by atoms with Crippen molar-refractivity contribution in [1.82, 2.24) is 9.80 Å². The number of ether oxygens (including phenoxy) is 1. The quantitative estimate of drug-likeness (QED) is 0.474. The van der Waals surface area contributed by atoms with E-state index in [0.29, 0.717) is 6.54 Å². The van der Waals surface area contributed by atoms with E-state index in [9.17, 15) is 4.79 Å². The molecule has 0 radical (unpaired) electrons. The van der Waals surface area contributed by atoms with Gasteiger partial charge < -0.3 is 9.64 Å². The van der Waals surface area contributed by atoms with Crippen LogP contribution in [0.5, 0.6) is 0 Å². The van der Waals surface area contributed by atoms with Crippen molar-refractivity contribution >= 4 is 5.97 Å². The average Bonchev–Trinajstić information content (AvgIpc) is 2.29. The van der Waals surface area contributed by atoms with Crippen molar-refractivity contribution in [2.75, 3.05) is 47.4 Å². The van der Waals surface area contributed by atoms with Gasteiger partial charge in [0.05, 0.1) is 13.7 Å². The Hall–Kier alpha value is -1.05. The molecule has 0 saturated heterocycles. The number of likely N-dealkylation sites (N-methyl/N-ethyl adjacent to an activating group) is 2.